The fourth-order valence-corrected chi connectivity index (χ4v) is 2.82. The molecule has 0 atom stereocenters. The average molecular weight is 443 g/mol. The first kappa shape index (κ1) is 20.0. The van der Waals surface area contributed by atoms with Gasteiger partial charge < -0.3 is 10.1 Å². The van der Waals surface area contributed by atoms with E-state index in [9.17, 15) is 9.18 Å². The maximum absolute atomic E-state index is 13.6. The summed E-state index contributed by atoms with van der Waals surface area (Å²) < 4.78 is 19.1. The van der Waals surface area contributed by atoms with Crippen molar-refractivity contribution in [2.45, 2.75) is 13.0 Å². The highest BCUT2D eigenvalue weighted by Crippen LogP contribution is 2.22. The smallest absolute Gasteiger partial charge is 0.226 e. The molecule has 0 saturated carbocycles. The summed E-state index contributed by atoms with van der Waals surface area (Å²) in [6.45, 7) is 0.779. The molecule has 0 bridgehead atoms. The number of benzene rings is 2. The molecule has 0 saturated heterocycles. The van der Waals surface area contributed by atoms with E-state index < -0.39 is 0 Å². The third kappa shape index (κ3) is 5.63. The van der Waals surface area contributed by atoms with Gasteiger partial charge in [-0.15, -0.1) is 0 Å². The highest BCUT2D eigenvalue weighted by molar-refractivity contribution is 9.09. The zero-order chi connectivity index (χ0) is 19.8. The van der Waals surface area contributed by atoms with Gasteiger partial charge in [0.1, 0.15) is 11.6 Å². The Bertz CT molecular complexity index is 915. The molecule has 0 radical (unpaired) electrons. The van der Waals surface area contributed by atoms with Crippen LogP contribution in [0, 0.1) is 5.82 Å². The predicted molar refractivity (Wildman–Crippen MR) is 111 cm³/mol. The number of alkyl halides is 1. The van der Waals surface area contributed by atoms with Gasteiger partial charge in [0.25, 0.3) is 0 Å². The van der Waals surface area contributed by atoms with Crippen LogP contribution in [0.4, 0.5) is 4.39 Å². The number of halogens is 2. The zero-order valence-corrected chi connectivity index (χ0v) is 16.8. The molecule has 1 heterocycles. The molecule has 1 N–H and O–H groups in total. The molecule has 1 aromatic heterocycles. The number of aromatic nitrogens is 1. The maximum atomic E-state index is 13.6. The molecule has 0 unspecified atom stereocenters. The number of nitrogens with one attached hydrogen (secondary N) is 1. The highest BCUT2D eigenvalue weighted by Gasteiger charge is 2.07. The number of hydrogen-bond donors (Lipinski definition) is 1. The quantitative estimate of drug-likeness (QED) is 0.521. The van der Waals surface area contributed by atoms with Gasteiger partial charge in [-0.3, -0.25) is 9.78 Å². The Kier molecular flexibility index (Phi) is 7.14. The van der Waals surface area contributed by atoms with E-state index in [1.165, 1.54) is 6.07 Å². The highest BCUT2D eigenvalue weighted by atomic mass is 79.9. The van der Waals surface area contributed by atoms with Crippen molar-refractivity contribution in [1.29, 1.82) is 0 Å². The first-order valence-corrected chi connectivity index (χ1v) is 10.0. The number of hydrogen-bond acceptors (Lipinski definition) is 3. The Balaban J connectivity index is 1.55. The molecular weight excluding hydrogens is 423 g/mol. The molecule has 2 aromatic carbocycles. The molecular formula is C22H20BrFN2O2. The summed E-state index contributed by atoms with van der Waals surface area (Å²) in [6.07, 6.45) is 1.89. The first-order valence-electron chi connectivity index (χ1n) is 8.90. The van der Waals surface area contributed by atoms with Crippen LogP contribution in [-0.2, 0) is 17.8 Å². The van der Waals surface area contributed by atoms with Crippen molar-refractivity contribution in [3.05, 3.63) is 83.9 Å². The van der Waals surface area contributed by atoms with Gasteiger partial charge in [0, 0.05) is 34.9 Å². The van der Waals surface area contributed by atoms with Crippen LogP contribution in [0.25, 0.3) is 11.1 Å². The van der Waals surface area contributed by atoms with Crippen molar-refractivity contribution in [2.75, 3.05) is 11.9 Å². The Labute approximate surface area is 171 Å². The van der Waals surface area contributed by atoms with Gasteiger partial charge in [-0.25, -0.2) is 4.39 Å². The second-order valence-electron chi connectivity index (χ2n) is 6.14. The van der Waals surface area contributed by atoms with Crippen molar-refractivity contribution < 1.29 is 13.9 Å². The van der Waals surface area contributed by atoms with Crippen LogP contribution in [-0.4, -0.2) is 22.8 Å². The van der Waals surface area contributed by atoms with Crippen molar-refractivity contribution in [2.24, 2.45) is 0 Å². The Morgan fingerprint density at radius 3 is 2.46 bits per heavy atom. The lowest BCUT2D eigenvalue weighted by atomic mass is 10.1. The number of rotatable bonds is 8. The van der Waals surface area contributed by atoms with Crippen LogP contribution in [0.3, 0.4) is 0 Å². The molecule has 0 aliphatic rings. The van der Waals surface area contributed by atoms with E-state index in [-0.39, 0.29) is 24.7 Å². The van der Waals surface area contributed by atoms with Gasteiger partial charge in [-0.1, -0.05) is 52.3 Å². The minimum absolute atomic E-state index is 0.147. The third-order valence-electron chi connectivity index (χ3n) is 4.13. The lowest BCUT2D eigenvalue weighted by Crippen LogP contribution is -2.25. The van der Waals surface area contributed by atoms with Gasteiger partial charge in [0.05, 0.1) is 13.0 Å². The minimum Gasteiger partial charge on any atom is -0.493 e. The molecule has 0 spiro atoms. The molecule has 1 amide bonds. The van der Waals surface area contributed by atoms with Crippen LogP contribution in [0.1, 0.15) is 11.3 Å². The summed E-state index contributed by atoms with van der Waals surface area (Å²) in [5, 5.41) is 3.51. The van der Waals surface area contributed by atoms with Crippen molar-refractivity contribution >= 4 is 21.8 Å². The van der Waals surface area contributed by atoms with E-state index in [0.29, 0.717) is 17.9 Å². The van der Waals surface area contributed by atoms with E-state index in [2.05, 4.69) is 26.2 Å². The minimum atomic E-state index is -0.325. The van der Waals surface area contributed by atoms with Crippen LogP contribution >= 0.6 is 15.9 Å². The molecule has 144 valence electrons. The van der Waals surface area contributed by atoms with Gasteiger partial charge in [0.15, 0.2) is 0 Å². The van der Waals surface area contributed by atoms with Crippen LogP contribution in [0.2, 0.25) is 0 Å². The molecule has 0 aliphatic heterocycles. The van der Waals surface area contributed by atoms with Crippen molar-refractivity contribution in [3.63, 3.8) is 0 Å². The fourth-order valence-electron chi connectivity index (χ4n) is 2.66. The van der Waals surface area contributed by atoms with Crippen molar-refractivity contribution in [1.82, 2.24) is 10.3 Å². The number of carbonyl (C=O) groups is 1. The van der Waals surface area contributed by atoms with Crippen LogP contribution in [0.5, 0.6) is 5.75 Å². The summed E-state index contributed by atoms with van der Waals surface area (Å²) in [4.78, 5) is 16.5. The number of amides is 1. The van der Waals surface area contributed by atoms with Gasteiger partial charge in [0.2, 0.25) is 5.91 Å². The monoisotopic (exact) mass is 442 g/mol. The molecule has 6 heteroatoms. The van der Waals surface area contributed by atoms with Crippen LogP contribution in [0.15, 0.2) is 66.9 Å². The standard InChI is InChI=1S/C22H20BrFN2O2/c23-11-12-28-20-9-6-16(7-10-20)17-5-8-19(25-14-17)13-22(27)26-15-18-3-1-2-4-21(18)24/h1-10,14H,11-13,15H2,(H,26,27). The Hall–Kier alpha value is -2.73. The normalized spacial score (nSPS) is 10.5. The third-order valence-corrected chi connectivity index (χ3v) is 4.46. The molecule has 28 heavy (non-hydrogen) atoms. The summed E-state index contributed by atoms with van der Waals surface area (Å²) in [5.41, 5.74) is 3.10. The first-order chi connectivity index (χ1) is 13.7. The van der Waals surface area contributed by atoms with E-state index in [1.807, 2.05) is 36.4 Å². The SMILES string of the molecule is O=C(Cc1ccc(-c2ccc(OCCBr)cc2)cn1)NCc1ccccc1F. The molecule has 3 rings (SSSR count). The Morgan fingerprint density at radius 1 is 1.04 bits per heavy atom. The lowest BCUT2D eigenvalue weighted by Gasteiger charge is -2.08. The summed E-state index contributed by atoms with van der Waals surface area (Å²) in [7, 11) is 0. The summed E-state index contributed by atoms with van der Waals surface area (Å²) >= 11 is 3.33. The lowest BCUT2D eigenvalue weighted by molar-refractivity contribution is -0.120. The second-order valence-corrected chi connectivity index (χ2v) is 6.94. The van der Waals surface area contributed by atoms with E-state index in [0.717, 1.165) is 22.2 Å². The number of ether oxygens (including phenoxy) is 1. The second kappa shape index (κ2) is 9.99. The van der Waals surface area contributed by atoms with Crippen LogP contribution < -0.4 is 10.1 Å². The number of pyridine rings is 1. The number of nitrogens with zero attached hydrogens (tertiary/aromatic N) is 1. The average Bonchev–Trinajstić information content (AvgIpc) is 2.73. The topological polar surface area (TPSA) is 51.2 Å². The molecule has 4 nitrogen and oxygen atoms in total. The predicted octanol–water partition coefficient (Wildman–Crippen LogP) is 4.52. The van der Waals surface area contributed by atoms with Gasteiger partial charge in [-0.05, 0) is 29.8 Å². The molecule has 0 aliphatic carbocycles. The fraction of sp³-hybridized carbons (Fsp3) is 0.182. The van der Waals surface area contributed by atoms with E-state index in [4.69, 9.17) is 4.74 Å². The zero-order valence-electron chi connectivity index (χ0n) is 15.2. The molecule has 0 fully saturated rings. The van der Waals surface area contributed by atoms with Crippen molar-refractivity contribution in [3.8, 4) is 16.9 Å². The Morgan fingerprint density at radius 2 is 1.79 bits per heavy atom. The van der Waals surface area contributed by atoms with E-state index in [1.54, 1.807) is 24.4 Å². The largest absolute Gasteiger partial charge is 0.493 e. The molecule has 3 aromatic rings. The summed E-state index contributed by atoms with van der Waals surface area (Å²) in [6, 6.07) is 17.9. The van der Waals surface area contributed by atoms with Gasteiger partial charge >= 0.3 is 0 Å². The van der Waals surface area contributed by atoms with Gasteiger partial charge in [-0.2, -0.15) is 0 Å². The summed E-state index contributed by atoms with van der Waals surface area (Å²) in [5.74, 6) is 0.296. The number of carbonyl (C=O) groups excluding carboxylic acids is 1. The maximum Gasteiger partial charge on any atom is 0.226 e. The van der Waals surface area contributed by atoms with E-state index >= 15 is 0 Å².